The molecule has 0 heterocycles. The SMILES string of the molecule is CC/C=C\C/C=C\C/C=C\C/C=C\CCCCC(=O)OC(COC(=O)CCCCCCCCCCCCCCCCCCCCCCCCCCC)COC(OCC[N+](C)(C)C)C(=O)[O-]. The number of unbranched alkanes of at least 4 members (excludes halogenated alkanes) is 26. The van der Waals surface area contributed by atoms with Gasteiger partial charge >= 0.3 is 11.9 Å². The van der Waals surface area contributed by atoms with Crippen LogP contribution in [0.1, 0.15) is 232 Å². The van der Waals surface area contributed by atoms with Crippen molar-refractivity contribution in [1.29, 1.82) is 0 Å². The third kappa shape index (κ3) is 49.0. The number of rotatable bonds is 49. The molecule has 0 aliphatic carbocycles. The second kappa shape index (κ2) is 47.7. The van der Waals surface area contributed by atoms with Crippen LogP contribution < -0.4 is 5.11 Å². The maximum atomic E-state index is 12.8. The van der Waals surface area contributed by atoms with Gasteiger partial charge in [0.05, 0.1) is 40.3 Å². The van der Waals surface area contributed by atoms with Gasteiger partial charge in [-0.1, -0.05) is 217 Å². The van der Waals surface area contributed by atoms with Crippen LogP contribution in [0.25, 0.3) is 0 Å². The fraction of sp³-hybridized carbons (Fsp3) is 0.804. The lowest BCUT2D eigenvalue weighted by atomic mass is 10.0. The molecule has 378 valence electrons. The van der Waals surface area contributed by atoms with Crippen LogP contribution in [0, 0.1) is 0 Å². The quantitative estimate of drug-likeness (QED) is 0.0195. The topological polar surface area (TPSA) is 111 Å². The zero-order valence-corrected chi connectivity index (χ0v) is 42.9. The number of ether oxygens (including phenoxy) is 4. The molecule has 65 heavy (non-hydrogen) atoms. The van der Waals surface area contributed by atoms with Crippen LogP contribution in [-0.2, 0) is 33.3 Å². The van der Waals surface area contributed by atoms with E-state index in [2.05, 4.69) is 62.5 Å². The Bertz CT molecular complexity index is 1210. The van der Waals surface area contributed by atoms with Crippen LogP contribution in [0.4, 0.5) is 0 Å². The van der Waals surface area contributed by atoms with Crippen molar-refractivity contribution in [3.8, 4) is 0 Å². The van der Waals surface area contributed by atoms with Crippen molar-refractivity contribution in [2.45, 2.75) is 245 Å². The number of carbonyl (C=O) groups excluding carboxylic acids is 3. The Morgan fingerprint density at radius 1 is 0.477 bits per heavy atom. The Balaban J connectivity index is 4.24. The number of allylic oxidation sites excluding steroid dienone is 8. The smallest absolute Gasteiger partial charge is 0.306 e. The van der Waals surface area contributed by atoms with E-state index in [1.165, 1.54) is 141 Å². The van der Waals surface area contributed by atoms with E-state index in [9.17, 15) is 19.5 Å². The van der Waals surface area contributed by atoms with Gasteiger partial charge in [0.1, 0.15) is 13.2 Å². The lowest BCUT2D eigenvalue weighted by Gasteiger charge is -2.26. The average Bonchev–Trinajstić information content (AvgIpc) is 3.27. The van der Waals surface area contributed by atoms with Crippen molar-refractivity contribution in [3.05, 3.63) is 48.6 Å². The van der Waals surface area contributed by atoms with Crippen LogP contribution in [0.2, 0.25) is 0 Å². The van der Waals surface area contributed by atoms with Crippen molar-refractivity contribution in [3.63, 3.8) is 0 Å². The van der Waals surface area contributed by atoms with E-state index in [4.69, 9.17) is 18.9 Å². The van der Waals surface area contributed by atoms with Gasteiger partial charge in [0.15, 0.2) is 12.4 Å². The van der Waals surface area contributed by atoms with Crippen LogP contribution in [0.5, 0.6) is 0 Å². The number of carboxylic acid groups (broad SMARTS) is 1. The van der Waals surface area contributed by atoms with Gasteiger partial charge in [-0.25, -0.2) is 0 Å². The van der Waals surface area contributed by atoms with Crippen LogP contribution in [-0.4, -0.2) is 82.3 Å². The second-order valence-corrected chi connectivity index (χ2v) is 19.1. The summed E-state index contributed by atoms with van der Waals surface area (Å²) in [5.41, 5.74) is 0. The summed E-state index contributed by atoms with van der Waals surface area (Å²) in [7, 11) is 5.90. The number of likely N-dealkylation sites (N-methyl/N-ethyl adjacent to an activating group) is 1. The number of carbonyl (C=O) groups is 3. The third-order valence-electron chi connectivity index (χ3n) is 11.6. The number of esters is 2. The van der Waals surface area contributed by atoms with E-state index in [0.29, 0.717) is 17.4 Å². The van der Waals surface area contributed by atoms with Gasteiger partial charge in [-0.2, -0.15) is 0 Å². The first-order valence-electron chi connectivity index (χ1n) is 26.8. The Morgan fingerprint density at radius 2 is 0.877 bits per heavy atom. The Labute approximate surface area is 400 Å². The summed E-state index contributed by atoms with van der Waals surface area (Å²) in [5, 5.41) is 11.7. The minimum atomic E-state index is -1.63. The summed E-state index contributed by atoms with van der Waals surface area (Å²) in [6.45, 7) is 4.60. The maximum absolute atomic E-state index is 12.8. The molecule has 9 heteroatoms. The highest BCUT2D eigenvalue weighted by atomic mass is 16.7. The lowest BCUT2D eigenvalue weighted by molar-refractivity contribution is -0.870. The summed E-state index contributed by atoms with van der Waals surface area (Å²) in [6, 6.07) is 0. The average molecular weight is 916 g/mol. The largest absolute Gasteiger partial charge is 0.545 e. The standard InChI is InChI=1S/C56H101NO8/c1-6-8-10-12-14-16-18-20-22-23-24-25-26-27-28-29-30-31-33-34-36-38-40-42-44-46-53(58)63-50-52(51-64-56(55(60)61)62-49-48-57(3,4)5)65-54(59)47-45-43-41-39-37-35-32-21-19-17-15-13-11-9-7-2/h9,11,15,17,21,32,37,39,52,56H,6-8,10,12-14,16,18-20,22-31,33-36,38,40-51H2,1-5H3/b11-9-,17-15-,32-21-,39-37-. The zero-order valence-electron chi connectivity index (χ0n) is 42.9. The van der Waals surface area contributed by atoms with Gasteiger partial charge in [-0.05, 0) is 51.4 Å². The summed E-state index contributed by atoms with van der Waals surface area (Å²) >= 11 is 0. The van der Waals surface area contributed by atoms with Crippen molar-refractivity contribution in [2.75, 3.05) is 47.5 Å². The first-order valence-corrected chi connectivity index (χ1v) is 26.8. The van der Waals surface area contributed by atoms with Crippen LogP contribution in [0.3, 0.4) is 0 Å². The van der Waals surface area contributed by atoms with Gasteiger partial charge in [-0.3, -0.25) is 9.59 Å². The molecule has 0 aliphatic rings. The molecule has 2 unspecified atom stereocenters. The second-order valence-electron chi connectivity index (χ2n) is 19.1. The molecule has 0 amide bonds. The molecule has 0 radical (unpaired) electrons. The van der Waals surface area contributed by atoms with E-state index >= 15 is 0 Å². The number of quaternary nitrogens is 1. The minimum absolute atomic E-state index is 0.139. The Hall–Kier alpha value is -2.75. The molecule has 0 fully saturated rings. The van der Waals surface area contributed by atoms with E-state index in [-0.39, 0.29) is 38.6 Å². The first kappa shape index (κ1) is 62.2. The van der Waals surface area contributed by atoms with Crippen molar-refractivity contribution in [2.24, 2.45) is 0 Å². The monoisotopic (exact) mass is 916 g/mol. The zero-order chi connectivity index (χ0) is 47.7. The highest BCUT2D eigenvalue weighted by Gasteiger charge is 2.22. The van der Waals surface area contributed by atoms with Crippen molar-refractivity contribution >= 4 is 17.9 Å². The van der Waals surface area contributed by atoms with Gasteiger partial charge < -0.3 is 33.3 Å². The molecule has 0 spiro atoms. The first-order chi connectivity index (χ1) is 31.6. The molecule has 0 N–H and O–H groups in total. The third-order valence-corrected chi connectivity index (χ3v) is 11.6. The highest BCUT2D eigenvalue weighted by Crippen LogP contribution is 2.17. The molecule has 9 nitrogen and oxygen atoms in total. The number of nitrogens with zero attached hydrogens (tertiary/aromatic N) is 1. The lowest BCUT2D eigenvalue weighted by Crippen LogP contribution is -2.44. The highest BCUT2D eigenvalue weighted by molar-refractivity contribution is 5.70. The number of aliphatic carboxylic acids is 1. The summed E-state index contributed by atoms with van der Waals surface area (Å²) in [5.74, 6) is -2.33. The molecule has 0 aromatic heterocycles. The summed E-state index contributed by atoms with van der Waals surface area (Å²) < 4.78 is 22.6. The van der Waals surface area contributed by atoms with E-state index in [1.54, 1.807) is 0 Å². The Kier molecular flexibility index (Phi) is 45.7. The molecule has 0 aromatic rings. The maximum Gasteiger partial charge on any atom is 0.306 e. The van der Waals surface area contributed by atoms with Crippen LogP contribution >= 0.6 is 0 Å². The van der Waals surface area contributed by atoms with E-state index < -0.39 is 24.3 Å². The summed E-state index contributed by atoms with van der Waals surface area (Å²) in [4.78, 5) is 37.1. The molecule has 0 rings (SSSR count). The number of carboxylic acids is 1. The molecule has 2 atom stereocenters. The van der Waals surface area contributed by atoms with Crippen LogP contribution in [0.15, 0.2) is 48.6 Å². The van der Waals surface area contributed by atoms with Gasteiger partial charge in [-0.15, -0.1) is 0 Å². The normalized spacial score (nSPS) is 13.2. The molecular weight excluding hydrogens is 815 g/mol. The van der Waals surface area contributed by atoms with Gasteiger partial charge in [0, 0.05) is 12.8 Å². The Morgan fingerprint density at radius 3 is 1.31 bits per heavy atom. The van der Waals surface area contributed by atoms with Crippen molar-refractivity contribution in [1.82, 2.24) is 0 Å². The fourth-order valence-corrected chi connectivity index (χ4v) is 7.47. The van der Waals surface area contributed by atoms with E-state index in [1.807, 2.05) is 21.1 Å². The van der Waals surface area contributed by atoms with Crippen molar-refractivity contribution < 1.29 is 42.9 Å². The van der Waals surface area contributed by atoms with Gasteiger partial charge in [0.2, 0.25) is 0 Å². The molecule has 0 saturated carbocycles. The molecule has 0 bridgehead atoms. The van der Waals surface area contributed by atoms with E-state index in [0.717, 1.165) is 57.8 Å². The molecular formula is C56H101NO8. The summed E-state index contributed by atoms with van der Waals surface area (Å²) in [6.07, 6.45) is 54.6. The van der Waals surface area contributed by atoms with Gasteiger partial charge in [0.25, 0.3) is 0 Å². The molecule has 0 aromatic carbocycles. The number of hydrogen-bond donors (Lipinski definition) is 0. The predicted octanol–water partition coefficient (Wildman–Crippen LogP) is 13.8. The molecule has 0 saturated heterocycles. The number of hydrogen-bond acceptors (Lipinski definition) is 8. The molecule has 0 aliphatic heterocycles. The fourth-order valence-electron chi connectivity index (χ4n) is 7.47. The minimum Gasteiger partial charge on any atom is -0.545 e. The predicted molar refractivity (Wildman–Crippen MR) is 269 cm³/mol.